The molecule has 130 valence electrons. The minimum atomic E-state index is -0.335. The van der Waals surface area contributed by atoms with Crippen LogP contribution in [0.5, 0.6) is 11.5 Å². The lowest BCUT2D eigenvalue weighted by molar-refractivity contribution is 0.443. The summed E-state index contributed by atoms with van der Waals surface area (Å²) >= 11 is 1.47. The molecule has 0 amide bonds. The van der Waals surface area contributed by atoms with E-state index in [2.05, 4.69) is 15.1 Å². The highest BCUT2D eigenvalue weighted by atomic mass is 32.2. The van der Waals surface area contributed by atoms with Crippen molar-refractivity contribution in [1.29, 1.82) is 0 Å². The molecular weight excluding hydrogens is 355 g/mol. The first-order valence-corrected chi connectivity index (χ1v) is 8.49. The minimum Gasteiger partial charge on any atom is -0.453 e. The number of pyridine rings is 2. The van der Waals surface area contributed by atoms with Gasteiger partial charge in [0.1, 0.15) is 11.6 Å². The summed E-state index contributed by atoms with van der Waals surface area (Å²) in [5.74, 6) is 0.787. The van der Waals surface area contributed by atoms with E-state index in [-0.39, 0.29) is 11.6 Å². The highest BCUT2D eigenvalue weighted by molar-refractivity contribution is 7.99. The Morgan fingerprint density at radius 1 is 1.15 bits per heavy atom. The van der Waals surface area contributed by atoms with Gasteiger partial charge in [-0.25, -0.2) is 14.4 Å². The summed E-state index contributed by atoms with van der Waals surface area (Å²) in [6.07, 6.45) is 3.32. The highest BCUT2D eigenvalue weighted by Crippen LogP contribution is 2.37. The Labute approximate surface area is 152 Å². The normalized spacial score (nSPS) is 11.0. The van der Waals surface area contributed by atoms with Crippen LogP contribution in [0.2, 0.25) is 0 Å². The maximum Gasteiger partial charge on any atom is 0.259 e. The number of benzene rings is 1. The molecule has 0 bridgehead atoms. The molecule has 0 aliphatic carbocycles. The quantitative estimate of drug-likeness (QED) is 0.563. The Morgan fingerprint density at radius 3 is 2.77 bits per heavy atom. The van der Waals surface area contributed by atoms with Gasteiger partial charge in [-0.05, 0) is 37.3 Å². The second-order valence-corrected chi connectivity index (χ2v) is 6.59. The number of hydrogen-bond acceptors (Lipinski definition) is 7. The number of nitrogen functional groups attached to an aromatic ring is 1. The third-order valence-electron chi connectivity index (χ3n) is 3.63. The van der Waals surface area contributed by atoms with E-state index in [1.54, 1.807) is 18.5 Å². The summed E-state index contributed by atoms with van der Waals surface area (Å²) in [6.45, 7) is 1.86. The average Bonchev–Trinajstić information content (AvgIpc) is 3.02. The molecule has 0 aliphatic heterocycles. The molecule has 0 radical (unpaired) electrons. The van der Waals surface area contributed by atoms with Gasteiger partial charge >= 0.3 is 0 Å². The second kappa shape index (κ2) is 6.64. The molecule has 0 aliphatic rings. The zero-order chi connectivity index (χ0) is 18.1. The van der Waals surface area contributed by atoms with E-state index in [1.807, 2.05) is 13.0 Å². The van der Waals surface area contributed by atoms with Crippen molar-refractivity contribution in [3.8, 4) is 11.5 Å². The van der Waals surface area contributed by atoms with Gasteiger partial charge in [0.2, 0.25) is 0 Å². The Kier molecular flexibility index (Phi) is 4.18. The molecule has 4 rings (SSSR count). The van der Waals surface area contributed by atoms with E-state index in [4.69, 9.17) is 15.0 Å². The number of halogens is 1. The largest absolute Gasteiger partial charge is 0.453 e. The van der Waals surface area contributed by atoms with Crippen LogP contribution in [0.1, 0.15) is 5.69 Å². The first-order valence-electron chi connectivity index (χ1n) is 7.68. The zero-order valence-corrected chi connectivity index (χ0v) is 14.5. The van der Waals surface area contributed by atoms with Crippen molar-refractivity contribution in [1.82, 2.24) is 15.1 Å². The second-order valence-electron chi connectivity index (χ2n) is 5.47. The average molecular weight is 368 g/mol. The summed E-state index contributed by atoms with van der Waals surface area (Å²) in [5, 5.41) is 4.81. The monoisotopic (exact) mass is 368 g/mol. The molecule has 0 saturated carbocycles. The lowest BCUT2D eigenvalue weighted by Crippen LogP contribution is -1.95. The first-order chi connectivity index (χ1) is 12.6. The number of aryl methyl sites for hydroxylation is 1. The van der Waals surface area contributed by atoms with Crippen LogP contribution in [0.4, 0.5) is 10.2 Å². The molecule has 3 aromatic heterocycles. The molecule has 2 N–H and O–H groups in total. The van der Waals surface area contributed by atoms with Crippen molar-refractivity contribution < 1.29 is 13.7 Å². The fourth-order valence-electron chi connectivity index (χ4n) is 2.40. The van der Waals surface area contributed by atoms with Crippen molar-refractivity contribution in [3.05, 3.63) is 60.3 Å². The number of rotatable bonds is 4. The van der Waals surface area contributed by atoms with Crippen molar-refractivity contribution in [2.24, 2.45) is 0 Å². The van der Waals surface area contributed by atoms with Gasteiger partial charge in [0.05, 0.1) is 11.1 Å². The van der Waals surface area contributed by atoms with Gasteiger partial charge in [-0.2, -0.15) is 0 Å². The fraction of sp³-hybridized carbons (Fsp3) is 0.0556. The molecule has 0 fully saturated rings. The smallest absolute Gasteiger partial charge is 0.259 e. The van der Waals surface area contributed by atoms with Crippen LogP contribution in [-0.4, -0.2) is 15.1 Å². The number of anilines is 1. The van der Waals surface area contributed by atoms with E-state index >= 15 is 0 Å². The molecule has 1 aromatic carbocycles. The van der Waals surface area contributed by atoms with E-state index in [1.165, 1.54) is 36.0 Å². The van der Waals surface area contributed by atoms with Crippen LogP contribution in [-0.2, 0) is 0 Å². The van der Waals surface area contributed by atoms with Gasteiger partial charge in [-0.1, -0.05) is 16.9 Å². The van der Waals surface area contributed by atoms with Gasteiger partial charge in [0.15, 0.2) is 11.6 Å². The molecule has 0 saturated heterocycles. The maximum absolute atomic E-state index is 13.0. The number of aromatic nitrogens is 3. The number of nitrogens with zero attached hydrogens (tertiary/aromatic N) is 3. The SMILES string of the molecule is Cc1noc2nccc(Sc3cnc(N)c(Oc4ccc(F)cc4)c3)c12. The van der Waals surface area contributed by atoms with Gasteiger partial charge in [-0.15, -0.1) is 0 Å². The molecule has 0 unspecified atom stereocenters. The maximum atomic E-state index is 13.0. The van der Waals surface area contributed by atoms with Crippen LogP contribution in [0.25, 0.3) is 11.1 Å². The van der Waals surface area contributed by atoms with Crippen LogP contribution in [0.3, 0.4) is 0 Å². The van der Waals surface area contributed by atoms with Crippen LogP contribution in [0, 0.1) is 12.7 Å². The molecule has 3 heterocycles. The van der Waals surface area contributed by atoms with E-state index in [0.717, 1.165) is 20.9 Å². The molecule has 0 spiro atoms. The molecule has 0 atom stereocenters. The lowest BCUT2D eigenvalue weighted by Gasteiger charge is -2.10. The third kappa shape index (κ3) is 3.18. The van der Waals surface area contributed by atoms with Crippen molar-refractivity contribution in [2.75, 3.05) is 5.73 Å². The molecular formula is C18H13FN4O2S. The Morgan fingerprint density at radius 2 is 1.96 bits per heavy atom. The fourth-order valence-corrected chi connectivity index (χ4v) is 3.39. The first kappa shape index (κ1) is 16.3. The van der Waals surface area contributed by atoms with Crippen molar-refractivity contribution in [3.63, 3.8) is 0 Å². The van der Waals surface area contributed by atoms with E-state index < -0.39 is 0 Å². The van der Waals surface area contributed by atoms with E-state index in [0.29, 0.717) is 17.2 Å². The van der Waals surface area contributed by atoms with E-state index in [9.17, 15) is 4.39 Å². The van der Waals surface area contributed by atoms with Gasteiger partial charge in [-0.3, -0.25) is 0 Å². The molecule has 26 heavy (non-hydrogen) atoms. The van der Waals surface area contributed by atoms with Gasteiger partial charge < -0.3 is 15.0 Å². The summed E-state index contributed by atoms with van der Waals surface area (Å²) in [4.78, 5) is 10.1. The van der Waals surface area contributed by atoms with Crippen LogP contribution in [0.15, 0.2) is 63.1 Å². The Balaban J connectivity index is 1.65. The van der Waals surface area contributed by atoms with Gasteiger partial charge in [0.25, 0.3) is 5.71 Å². The van der Waals surface area contributed by atoms with Crippen molar-refractivity contribution >= 4 is 28.7 Å². The number of hydrogen-bond donors (Lipinski definition) is 1. The standard InChI is InChI=1S/C18H13FN4O2S/c1-10-16-15(6-7-21-18(16)25-23-10)26-13-8-14(17(20)22-9-13)24-12-4-2-11(19)3-5-12/h2-9H,1H3,(H2,20,22). The molecule has 6 nitrogen and oxygen atoms in total. The predicted octanol–water partition coefficient (Wildman–Crippen LogP) is 4.59. The van der Waals surface area contributed by atoms with Crippen LogP contribution < -0.4 is 10.5 Å². The predicted molar refractivity (Wildman–Crippen MR) is 95.8 cm³/mol. The van der Waals surface area contributed by atoms with Crippen LogP contribution >= 0.6 is 11.8 Å². The highest BCUT2D eigenvalue weighted by Gasteiger charge is 2.13. The Hall–Kier alpha value is -3.13. The van der Waals surface area contributed by atoms with Gasteiger partial charge in [0, 0.05) is 28.3 Å². The number of nitrogens with two attached hydrogens (primary N) is 1. The minimum absolute atomic E-state index is 0.250. The number of fused-ring (bicyclic) bond motifs is 1. The summed E-state index contributed by atoms with van der Waals surface area (Å²) < 4.78 is 24.0. The topological polar surface area (TPSA) is 87.1 Å². The Bertz CT molecular complexity index is 1080. The number of ether oxygens (including phenoxy) is 1. The lowest BCUT2D eigenvalue weighted by atomic mass is 10.3. The molecule has 8 heteroatoms. The molecule has 4 aromatic rings. The summed E-state index contributed by atoms with van der Waals surface area (Å²) in [5.41, 5.74) is 7.15. The zero-order valence-electron chi connectivity index (χ0n) is 13.6. The van der Waals surface area contributed by atoms with Crippen molar-refractivity contribution in [2.45, 2.75) is 16.7 Å². The summed E-state index contributed by atoms with van der Waals surface area (Å²) in [7, 11) is 0. The third-order valence-corrected chi connectivity index (χ3v) is 4.65. The summed E-state index contributed by atoms with van der Waals surface area (Å²) in [6, 6.07) is 9.36.